The van der Waals surface area contributed by atoms with Gasteiger partial charge in [0.05, 0.1) is 23.0 Å². The Morgan fingerprint density at radius 1 is 1.17 bits per heavy atom. The quantitative estimate of drug-likeness (QED) is 0.883. The van der Waals surface area contributed by atoms with E-state index in [1.54, 1.807) is 30.3 Å². The van der Waals surface area contributed by atoms with Gasteiger partial charge in [-0.3, -0.25) is 4.79 Å². The van der Waals surface area contributed by atoms with E-state index in [1.165, 1.54) is 10.7 Å². The summed E-state index contributed by atoms with van der Waals surface area (Å²) in [7, 11) is -3.53. The molecule has 1 aromatic rings. The molecule has 1 N–H and O–H groups in total. The number of sulfonamides is 1. The topological polar surface area (TPSA) is 75.7 Å². The van der Waals surface area contributed by atoms with Gasteiger partial charge in [-0.05, 0) is 37.8 Å². The van der Waals surface area contributed by atoms with Crippen LogP contribution in [0.5, 0.6) is 0 Å². The maximum Gasteiger partial charge on any atom is 0.243 e. The summed E-state index contributed by atoms with van der Waals surface area (Å²) in [6, 6.07) is 8.74. The minimum Gasteiger partial charge on any atom is -0.371 e. The minimum atomic E-state index is -3.53. The average molecular weight is 350 g/mol. The molecule has 1 amide bonds. The zero-order valence-corrected chi connectivity index (χ0v) is 14.2. The van der Waals surface area contributed by atoms with Gasteiger partial charge in [-0.15, -0.1) is 0 Å². The molecule has 3 fully saturated rings. The number of carbonyl (C=O) groups is 1. The minimum absolute atomic E-state index is 0.0196. The number of amides is 1. The number of fused-ring (bicyclic) bond motifs is 2. The summed E-state index contributed by atoms with van der Waals surface area (Å²) in [5.74, 6) is -0.224. The first kappa shape index (κ1) is 16.1. The number of rotatable bonds is 4. The molecule has 4 rings (SSSR count). The summed E-state index contributed by atoms with van der Waals surface area (Å²) in [5.41, 5.74) is 0. The molecule has 6 nitrogen and oxygen atoms in total. The fourth-order valence-corrected chi connectivity index (χ4v) is 5.20. The van der Waals surface area contributed by atoms with Crippen LogP contribution in [0.3, 0.4) is 0 Å². The summed E-state index contributed by atoms with van der Waals surface area (Å²) in [4.78, 5) is 12.8. The van der Waals surface area contributed by atoms with Crippen LogP contribution in [-0.2, 0) is 19.6 Å². The monoisotopic (exact) mass is 350 g/mol. The van der Waals surface area contributed by atoms with Crippen LogP contribution in [-0.4, -0.2) is 50.0 Å². The molecular weight excluding hydrogens is 328 g/mol. The number of hydrogen-bond donors (Lipinski definition) is 1. The molecule has 2 aliphatic heterocycles. The van der Waals surface area contributed by atoms with Gasteiger partial charge in [0.15, 0.2) is 0 Å². The van der Waals surface area contributed by atoms with Crippen LogP contribution in [0.15, 0.2) is 35.2 Å². The molecular formula is C17H22N2O4S. The molecule has 2 bridgehead atoms. The highest BCUT2D eigenvalue weighted by molar-refractivity contribution is 7.89. The van der Waals surface area contributed by atoms with E-state index < -0.39 is 10.0 Å². The first-order valence-electron chi connectivity index (χ1n) is 8.55. The van der Waals surface area contributed by atoms with Crippen molar-refractivity contribution in [3.63, 3.8) is 0 Å². The Bertz CT molecular complexity index is 717. The Morgan fingerprint density at radius 3 is 2.58 bits per heavy atom. The first-order chi connectivity index (χ1) is 11.5. The van der Waals surface area contributed by atoms with Crippen LogP contribution >= 0.6 is 0 Å². The predicted molar refractivity (Wildman–Crippen MR) is 87.8 cm³/mol. The molecule has 1 aromatic carbocycles. The highest BCUT2D eigenvalue weighted by Crippen LogP contribution is 2.35. The van der Waals surface area contributed by atoms with Gasteiger partial charge in [0.25, 0.3) is 0 Å². The second-order valence-corrected chi connectivity index (χ2v) is 8.85. The number of morpholine rings is 1. The van der Waals surface area contributed by atoms with Gasteiger partial charge < -0.3 is 10.1 Å². The van der Waals surface area contributed by atoms with Gasteiger partial charge in [0.1, 0.15) is 0 Å². The van der Waals surface area contributed by atoms with Crippen LogP contribution in [0.2, 0.25) is 0 Å². The first-order valence-corrected chi connectivity index (χ1v) is 9.99. The third-order valence-electron chi connectivity index (χ3n) is 5.29. The Balaban J connectivity index is 1.47. The molecule has 3 aliphatic rings. The zero-order valence-electron chi connectivity index (χ0n) is 13.4. The van der Waals surface area contributed by atoms with Crippen LogP contribution in [0.4, 0.5) is 0 Å². The van der Waals surface area contributed by atoms with Gasteiger partial charge in [-0.1, -0.05) is 18.2 Å². The number of nitrogens with one attached hydrogen (secondary N) is 1. The van der Waals surface area contributed by atoms with E-state index in [0.717, 1.165) is 12.8 Å². The van der Waals surface area contributed by atoms with E-state index in [0.29, 0.717) is 23.9 Å². The van der Waals surface area contributed by atoms with Crippen LogP contribution in [0.1, 0.15) is 25.7 Å². The van der Waals surface area contributed by atoms with E-state index in [2.05, 4.69) is 5.32 Å². The lowest BCUT2D eigenvalue weighted by molar-refractivity contribution is -0.128. The van der Waals surface area contributed by atoms with Crippen molar-refractivity contribution >= 4 is 15.9 Å². The zero-order chi connectivity index (χ0) is 16.7. The molecule has 2 heterocycles. The molecule has 1 aliphatic carbocycles. The highest BCUT2D eigenvalue weighted by atomic mass is 32.2. The van der Waals surface area contributed by atoms with Crippen molar-refractivity contribution in [3.05, 3.63) is 30.3 Å². The molecule has 0 radical (unpaired) electrons. The lowest BCUT2D eigenvalue weighted by Gasteiger charge is -2.32. The van der Waals surface area contributed by atoms with E-state index in [9.17, 15) is 13.2 Å². The van der Waals surface area contributed by atoms with E-state index >= 15 is 0 Å². The maximum absolute atomic E-state index is 12.8. The number of nitrogens with zero attached hydrogens (tertiary/aromatic N) is 1. The largest absolute Gasteiger partial charge is 0.371 e. The van der Waals surface area contributed by atoms with E-state index in [-0.39, 0.29) is 30.6 Å². The second kappa shape index (κ2) is 6.13. The van der Waals surface area contributed by atoms with Crippen molar-refractivity contribution in [2.24, 2.45) is 5.92 Å². The molecule has 7 heteroatoms. The third-order valence-corrected chi connectivity index (χ3v) is 7.14. The van der Waals surface area contributed by atoms with Crippen molar-refractivity contribution in [2.45, 2.75) is 48.8 Å². The molecule has 24 heavy (non-hydrogen) atoms. The third kappa shape index (κ3) is 2.85. The van der Waals surface area contributed by atoms with Gasteiger partial charge >= 0.3 is 0 Å². The summed E-state index contributed by atoms with van der Waals surface area (Å²) >= 11 is 0. The van der Waals surface area contributed by atoms with Crippen molar-refractivity contribution in [2.75, 3.05) is 13.1 Å². The standard InChI is InChI=1S/C17H22N2O4S/c20-17(18-12-5-4-6-12)15-9-13-10-19(11-16(15)23-13)24(21,22)14-7-2-1-3-8-14/h1-3,7-8,12-13,15-16H,4-6,9-11H2,(H,18,20)/t13-,15+,16-/m0/s1. The van der Waals surface area contributed by atoms with Crippen LogP contribution < -0.4 is 5.32 Å². The van der Waals surface area contributed by atoms with E-state index in [4.69, 9.17) is 4.74 Å². The lowest BCUT2D eigenvalue weighted by Crippen LogP contribution is -2.49. The Kier molecular flexibility index (Phi) is 4.10. The molecule has 2 saturated heterocycles. The van der Waals surface area contributed by atoms with Crippen molar-refractivity contribution < 1.29 is 17.9 Å². The highest BCUT2D eigenvalue weighted by Gasteiger charge is 2.47. The predicted octanol–water partition coefficient (Wildman–Crippen LogP) is 1.13. The molecule has 1 saturated carbocycles. The van der Waals surface area contributed by atoms with Crippen LogP contribution in [0, 0.1) is 5.92 Å². The maximum atomic E-state index is 12.8. The smallest absolute Gasteiger partial charge is 0.243 e. The fourth-order valence-electron chi connectivity index (χ4n) is 3.70. The Labute approximate surface area is 142 Å². The van der Waals surface area contributed by atoms with Gasteiger partial charge in [0.2, 0.25) is 15.9 Å². The number of hydrogen-bond acceptors (Lipinski definition) is 4. The molecule has 0 spiro atoms. The van der Waals surface area contributed by atoms with Gasteiger partial charge in [0, 0.05) is 19.1 Å². The number of benzene rings is 1. The summed E-state index contributed by atoms with van der Waals surface area (Å²) in [6.07, 6.45) is 3.32. The van der Waals surface area contributed by atoms with Gasteiger partial charge in [-0.25, -0.2) is 8.42 Å². The Hall–Kier alpha value is -1.44. The van der Waals surface area contributed by atoms with Crippen molar-refractivity contribution in [3.8, 4) is 0 Å². The normalized spacial score (nSPS) is 30.8. The Morgan fingerprint density at radius 2 is 1.92 bits per heavy atom. The number of carbonyl (C=O) groups excluding carboxylic acids is 1. The average Bonchev–Trinajstić information content (AvgIpc) is 2.85. The lowest BCUT2D eigenvalue weighted by atomic mass is 9.91. The molecule has 0 unspecified atom stereocenters. The summed E-state index contributed by atoms with van der Waals surface area (Å²) in [6.45, 7) is 0.567. The molecule has 3 atom stereocenters. The van der Waals surface area contributed by atoms with Crippen molar-refractivity contribution in [1.29, 1.82) is 0 Å². The molecule has 130 valence electrons. The second-order valence-electron chi connectivity index (χ2n) is 6.91. The van der Waals surface area contributed by atoms with Crippen LogP contribution in [0.25, 0.3) is 0 Å². The summed E-state index contributed by atoms with van der Waals surface area (Å²) < 4.78 is 32.9. The molecule has 0 aromatic heterocycles. The number of ether oxygens (including phenoxy) is 1. The summed E-state index contributed by atoms with van der Waals surface area (Å²) in [5, 5.41) is 3.07. The van der Waals surface area contributed by atoms with Crippen molar-refractivity contribution in [1.82, 2.24) is 9.62 Å². The SMILES string of the molecule is O=C(NC1CCC1)[C@@H]1C[C@H]2CN(S(=O)(=O)c3ccccc3)C[C@@H]1O2. The fraction of sp³-hybridized carbons (Fsp3) is 0.588. The van der Waals surface area contributed by atoms with E-state index in [1.807, 2.05) is 0 Å². The van der Waals surface area contributed by atoms with Gasteiger partial charge in [-0.2, -0.15) is 4.31 Å².